The lowest BCUT2D eigenvalue weighted by Gasteiger charge is -2.14. The minimum Gasteiger partial charge on any atom is -0.495 e. The molecule has 1 atom stereocenters. The average Bonchev–Trinajstić information content (AvgIpc) is 2.46. The van der Waals surface area contributed by atoms with Crippen LogP contribution in [0.1, 0.15) is 17.3 Å². The third kappa shape index (κ3) is 4.42. The molecule has 2 N–H and O–H groups in total. The van der Waals surface area contributed by atoms with Crippen LogP contribution in [-0.4, -0.2) is 48.2 Å². The van der Waals surface area contributed by atoms with E-state index in [1.807, 2.05) is 0 Å². The van der Waals surface area contributed by atoms with Crippen LogP contribution in [0, 0.1) is 0 Å². The smallest absolute Gasteiger partial charge is 0.251 e. The Hall–Kier alpha value is -1.64. The highest BCUT2D eigenvalue weighted by molar-refractivity contribution is 7.89. The quantitative estimate of drug-likeness (QED) is 0.758. The minimum atomic E-state index is -3.72. The van der Waals surface area contributed by atoms with Crippen LogP contribution >= 0.6 is 0 Å². The number of methoxy groups -OCH3 is 2. The number of sulfonamides is 1. The Morgan fingerprint density at radius 1 is 1.33 bits per heavy atom. The van der Waals surface area contributed by atoms with E-state index >= 15 is 0 Å². The van der Waals surface area contributed by atoms with Gasteiger partial charge >= 0.3 is 0 Å². The highest BCUT2D eigenvalue weighted by atomic mass is 32.2. The third-order valence-corrected chi connectivity index (χ3v) is 4.21. The van der Waals surface area contributed by atoms with E-state index < -0.39 is 10.0 Å². The van der Waals surface area contributed by atoms with E-state index in [1.54, 1.807) is 6.92 Å². The second-order valence-corrected chi connectivity index (χ2v) is 6.26. The summed E-state index contributed by atoms with van der Waals surface area (Å²) >= 11 is 0. The summed E-state index contributed by atoms with van der Waals surface area (Å²) in [5, 5.41) is 2.71. The van der Waals surface area contributed by atoms with Crippen molar-refractivity contribution in [2.75, 3.05) is 27.9 Å². The van der Waals surface area contributed by atoms with E-state index in [-0.39, 0.29) is 28.2 Å². The summed E-state index contributed by atoms with van der Waals surface area (Å²) in [7, 11) is 0.479. The Balaban J connectivity index is 3.11. The van der Waals surface area contributed by atoms with Gasteiger partial charge < -0.3 is 14.8 Å². The molecule has 0 fully saturated rings. The third-order valence-electron chi connectivity index (χ3n) is 2.78. The van der Waals surface area contributed by atoms with Gasteiger partial charge in [-0.2, -0.15) is 0 Å². The summed E-state index contributed by atoms with van der Waals surface area (Å²) in [5.74, 6) is -0.208. The molecule has 118 valence electrons. The largest absolute Gasteiger partial charge is 0.495 e. The summed E-state index contributed by atoms with van der Waals surface area (Å²) in [5.41, 5.74) is 0.229. The molecule has 1 rings (SSSR count). The number of carbonyl (C=O) groups excluding carboxylic acids is 1. The van der Waals surface area contributed by atoms with Crippen molar-refractivity contribution in [1.29, 1.82) is 0 Å². The average molecular weight is 316 g/mol. The summed E-state index contributed by atoms with van der Waals surface area (Å²) in [6.07, 6.45) is 0. The molecular weight excluding hydrogens is 296 g/mol. The van der Waals surface area contributed by atoms with E-state index in [0.29, 0.717) is 6.61 Å². The standard InChI is InChI=1S/C13H20N2O5S/c1-9(8-19-3)15-13(16)10-5-6-11(20-4)12(7-10)21(17,18)14-2/h5-7,9,14H,8H2,1-4H3,(H,15,16)/t9-/m0/s1. The van der Waals surface area contributed by atoms with E-state index in [0.717, 1.165) is 0 Å². The first kappa shape index (κ1) is 17.4. The predicted octanol–water partition coefficient (Wildman–Crippen LogP) is 0.368. The first-order chi connectivity index (χ1) is 9.85. The SMILES string of the molecule is CNS(=O)(=O)c1cc(C(=O)N[C@@H](C)COC)ccc1OC. The number of amides is 1. The van der Waals surface area contributed by atoms with Crippen LogP contribution in [0.15, 0.2) is 23.1 Å². The molecule has 0 radical (unpaired) electrons. The van der Waals surface area contributed by atoms with Crippen LogP contribution in [-0.2, 0) is 14.8 Å². The highest BCUT2D eigenvalue weighted by Crippen LogP contribution is 2.24. The fourth-order valence-corrected chi connectivity index (χ4v) is 2.65. The van der Waals surface area contributed by atoms with Crippen molar-refractivity contribution < 1.29 is 22.7 Å². The molecule has 8 heteroatoms. The van der Waals surface area contributed by atoms with Gasteiger partial charge in [0.15, 0.2) is 0 Å². The van der Waals surface area contributed by atoms with Crippen LogP contribution < -0.4 is 14.8 Å². The number of nitrogens with one attached hydrogen (secondary N) is 2. The van der Waals surface area contributed by atoms with Gasteiger partial charge in [0.2, 0.25) is 10.0 Å². The normalized spacial score (nSPS) is 12.8. The summed E-state index contributed by atoms with van der Waals surface area (Å²) in [4.78, 5) is 12.0. The van der Waals surface area contributed by atoms with Crippen LogP contribution in [0.25, 0.3) is 0 Å². The van der Waals surface area contributed by atoms with E-state index in [1.165, 1.54) is 39.5 Å². The molecule has 1 aromatic carbocycles. The van der Waals surface area contributed by atoms with Crippen molar-refractivity contribution in [3.05, 3.63) is 23.8 Å². The fourth-order valence-electron chi connectivity index (χ4n) is 1.74. The maximum Gasteiger partial charge on any atom is 0.251 e. The van der Waals surface area contributed by atoms with Gasteiger partial charge in [0.05, 0.1) is 13.7 Å². The summed E-state index contributed by atoms with van der Waals surface area (Å²) < 4.78 is 36.0. The minimum absolute atomic E-state index is 0.0838. The molecule has 0 heterocycles. The Labute approximate surface area is 124 Å². The van der Waals surface area contributed by atoms with Crippen molar-refractivity contribution in [3.63, 3.8) is 0 Å². The number of carbonyl (C=O) groups is 1. The highest BCUT2D eigenvalue weighted by Gasteiger charge is 2.20. The molecule has 1 amide bonds. The number of ether oxygens (including phenoxy) is 2. The Morgan fingerprint density at radius 2 is 2.00 bits per heavy atom. The molecule has 0 saturated carbocycles. The zero-order valence-corrected chi connectivity index (χ0v) is 13.3. The first-order valence-corrected chi connectivity index (χ1v) is 7.75. The molecule has 0 bridgehead atoms. The molecule has 1 aromatic rings. The van der Waals surface area contributed by atoms with Crippen LogP contribution in [0.3, 0.4) is 0 Å². The summed E-state index contributed by atoms with van der Waals surface area (Å²) in [6.45, 7) is 2.15. The van der Waals surface area contributed by atoms with Gasteiger partial charge in [0.25, 0.3) is 5.91 Å². The fraction of sp³-hybridized carbons (Fsp3) is 0.462. The monoisotopic (exact) mass is 316 g/mol. The Morgan fingerprint density at radius 3 is 2.52 bits per heavy atom. The molecule has 0 aliphatic heterocycles. The lowest BCUT2D eigenvalue weighted by molar-refractivity contribution is 0.0905. The van der Waals surface area contributed by atoms with Crippen molar-refractivity contribution in [2.45, 2.75) is 17.9 Å². The summed E-state index contributed by atoms with van der Waals surface area (Å²) in [6, 6.07) is 4.04. The van der Waals surface area contributed by atoms with Gasteiger partial charge in [-0.05, 0) is 32.2 Å². The molecular formula is C13H20N2O5S. The molecule has 0 aliphatic rings. The molecule has 0 saturated heterocycles. The first-order valence-electron chi connectivity index (χ1n) is 6.27. The molecule has 0 unspecified atom stereocenters. The van der Waals surface area contributed by atoms with Crippen molar-refractivity contribution in [3.8, 4) is 5.75 Å². The molecule has 0 spiro atoms. The predicted molar refractivity (Wildman–Crippen MR) is 78.0 cm³/mol. The van der Waals surface area contributed by atoms with Gasteiger partial charge in [0, 0.05) is 18.7 Å². The van der Waals surface area contributed by atoms with Crippen LogP contribution in [0.5, 0.6) is 5.75 Å². The lowest BCUT2D eigenvalue weighted by atomic mass is 10.2. The molecule has 7 nitrogen and oxygen atoms in total. The maximum absolute atomic E-state index is 12.1. The van der Waals surface area contributed by atoms with Crippen molar-refractivity contribution >= 4 is 15.9 Å². The van der Waals surface area contributed by atoms with E-state index in [2.05, 4.69) is 10.0 Å². The van der Waals surface area contributed by atoms with Crippen molar-refractivity contribution in [2.24, 2.45) is 0 Å². The van der Waals surface area contributed by atoms with Gasteiger partial charge in [-0.15, -0.1) is 0 Å². The number of rotatable bonds is 7. The van der Waals surface area contributed by atoms with E-state index in [9.17, 15) is 13.2 Å². The molecule has 21 heavy (non-hydrogen) atoms. The Kier molecular flexibility index (Phi) is 6.13. The zero-order valence-electron chi connectivity index (χ0n) is 12.5. The number of hydrogen-bond acceptors (Lipinski definition) is 5. The zero-order chi connectivity index (χ0) is 16.0. The maximum atomic E-state index is 12.1. The lowest BCUT2D eigenvalue weighted by Crippen LogP contribution is -2.35. The second-order valence-electron chi connectivity index (χ2n) is 4.40. The number of benzene rings is 1. The van der Waals surface area contributed by atoms with Gasteiger partial charge in [-0.1, -0.05) is 0 Å². The van der Waals surface area contributed by atoms with Gasteiger partial charge in [-0.3, -0.25) is 4.79 Å². The Bertz CT molecular complexity index is 601. The van der Waals surface area contributed by atoms with Crippen LogP contribution in [0.2, 0.25) is 0 Å². The number of hydrogen-bond donors (Lipinski definition) is 2. The topological polar surface area (TPSA) is 93.7 Å². The molecule has 0 aliphatic carbocycles. The van der Waals surface area contributed by atoms with Crippen molar-refractivity contribution in [1.82, 2.24) is 10.0 Å². The second kappa shape index (κ2) is 7.39. The van der Waals surface area contributed by atoms with Crippen LogP contribution in [0.4, 0.5) is 0 Å². The molecule has 0 aromatic heterocycles. The van der Waals surface area contributed by atoms with E-state index in [4.69, 9.17) is 9.47 Å². The van der Waals surface area contributed by atoms with Gasteiger partial charge in [-0.25, -0.2) is 13.1 Å². The van der Waals surface area contributed by atoms with Gasteiger partial charge in [0.1, 0.15) is 10.6 Å².